The molecule has 0 bridgehead atoms. The molecule has 1 fully saturated rings. The molecule has 7 heteroatoms. The second kappa shape index (κ2) is 4.75. The van der Waals surface area contributed by atoms with E-state index in [1.54, 1.807) is 6.07 Å². The molecule has 0 aliphatic carbocycles. The Kier molecular flexibility index (Phi) is 3.50. The van der Waals surface area contributed by atoms with E-state index < -0.39 is 10.0 Å². The molecule has 1 aromatic carbocycles. The Morgan fingerprint density at radius 1 is 1.24 bits per heavy atom. The first-order valence-electron chi connectivity index (χ1n) is 5.24. The summed E-state index contributed by atoms with van der Waals surface area (Å²) < 4.78 is 22.7. The quantitative estimate of drug-likeness (QED) is 0.765. The van der Waals surface area contributed by atoms with Gasteiger partial charge < -0.3 is 10.6 Å². The molecule has 0 radical (unpaired) electrons. The molecular weight excluding hydrogens is 258 g/mol. The van der Waals surface area contributed by atoms with Gasteiger partial charge in [-0.1, -0.05) is 6.07 Å². The summed E-state index contributed by atoms with van der Waals surface area (Å²) in [4.78, 5) is 2.11. The topological polar surface area (TPSA) is 89.4 Å². The van der Waals surface area contributed by atoms with Gasteiger partial charge >= 0.3 is 0 Å². The molecule has 0 aromatic heterocycles. The fourth-order valence-electron chi connectivity index (χ4n) is 1.86. The highest BCUT2D eigenvalue weighted by molar-refractivity contribution is 7.99. The van der Waals surface area contributed by atoms with Gasteiger partial charge in [-0.2, -0.15) is 11.8 Å². The van der Waals surface area contributed by atoms with Gasteiger partial charge in [0.05, 0.1) is 11.4 Å². The predicted molar refractivity (Wildman–Crippen MR) is 71.8 cm³/mol. The summed E-state index contributed by atoms with van der Waals surface area (Å²) in [7, 11) is -3.75. The van der Waals surface area contributed by atoms with E-state index in [0.717, 1.165) is 30.3 Å². The molecule has 17 heavy (non-hydrogen) atoms. The van der Waals surface area contributed by atoms with Crippen molar-refractivity contribution in [1.82, 2.24) is 0 Å². The molecule has 1 aliphatic rings. The van der Waals surface area contributed by atoms with Crippen LogP contribution in [0.2, 0.25) is 0 Å². The normalized spacial score (nSPS) is 17.1. The zero-order valence-corrected chi connectivity index (χ0v) is 10.9. The monoisotopic (exact) mass is 273 g/mol. The number of sulfonamides is 1. The minimum absolute atomic E-state index is 0.00762. The average Bonchev–Trinajstić information content (AvgIpc) is 2.29. The molecule has 1 aromatic rings. The molecule has 0 saturated carbocycles. The number of para-hydroxylation sites is 1. The number of hydrogen-bond donors (Lipinski definition) is 2. The Morgan fingerprint density at radius 2 is 1.88 bits per heavy atom. The van der Waals surface area contributed by atoms with Crippen LogP contribution in [0.25, 0.3) is 0 Å². The van der Waals surface area contributed by atoms with Gasteiger partial charge in [-0.3, -0.25) is 0 Å². The molecule has 4 N–H and O–H groups in total. The summed E-state index contributed by atoms with van der Waals surface area (Å²) in [6.45, 7) is 1.76. The number of nitrogens with zero attached hydrogens (tertiary/aromatic N) is 1. The minimum atomic E-state index is -3.75. The van der Waals surface area contributed by atoms with Gasteiger partial charge in [0.2, 0.25) is 10.0 Å². The number of nitrogens with two attached hydrogens (primary N) is 2. The number of thioether (sulfide) groups is 1. The fraction of sp³-hybridized carbons (Fsp3) is 0.400. The van der Waals surface area contributed by atoms with Crippen molar-refractivity contribution in [3.05, 3.63) is 18.2 Å². The Labute approximate surface area is 105 Å². The fourth-order valence-corrected chi connectivity index (χ4v) is 3.44. The van der Waals surface area contributed by atoms with Crippen LogP contribution >= 0.6 is 11.8 Å². The largest absolute Gasteiger partial charge is 0.396 e. The van der Waals surface area contributed by atoms with Crippen LogP contribution < -0.4 is 15.8 Å². The second-order valence-corrected chi connectivity index (χ2v) is 6.59. The molecule has 1 heterocycles. The Balaban J connectivity index is 2.42. The highest BCUT2D eigenvalue weighted by Gasteiger charge is 2.19. The van der Waals surface area contributed by atoms with Gasteiger partial charge in [0.1, 0.15) is 4.90 Å². The van der Waals surface area contributed by atoms with Crippen LogP contribution in [0.5, 0.6) is 0 Å². The highest BCUT2D eigenvalue weighted by Crippen LogP contribution is 2.30. The van der Waals surface area contributed by atoms with Gasteiger partial charge in [-0.25, -0.2) is 13.6 Å². The first-order chi connectivity index (χ1) is 8.00. The van der Waals surface area contributed by atoms with Gasteiger partial charge in [-0.15, -0.1) is 0 Å². The summed E-state index contributed by atoms with van der Waals surface area (Å²) >= 11 is 1.88. The second-order valence-electron chi connectivity index (χ2n) is 3.83. The van der Waals surface area contributed by atoms with E-state index in [9.17, 15) is 8.42 Å². The number of benzene rings is 1. The van der Waals surface area contributed by atoms with Crippen LogP contribution in [0.4, 0.5) is 11.4 Å². The average molecular weight is 273 g/mol. The van der Waals surface area contributed by atoms with E-state index >= 15 is 0 Å². The lowest BCUT2D eigenvalue weighted by molar-refractivity contribution is 0.598. The van der Waals surface area contributed by atoms with Crippen molar-refractivity contribution in [2.75, 3.05) is 35.2 Å². The number of nitrogen functional groups attached to an aromatic ring is 1. The number of primary sulfonamides is 1. The summed E-state index contributed by atoms with van der Waals surface area (Å²) in [6.07, 6.45) is 0. The SMILES string of the molecule is Nc1c(N2CCSCC2)cccc1S(N)(=O)=O. The van der Waals surface area contributed by atoms with E-state index in [2.05, 4.69) is 4.90 Å². The Hall–Kier alpha value is -0.920. The third-order valence-electron chi connectivity index (χ3n) is 2.70. The molecule has 0 unspecified atom stereocenters. The molecule has 1 aliphatic heterocycles. The maximum atomic E-state index is 11.4. The van der Waals surface area contributed by atoms with E-state index in [0.29, 0.717) is 0 Å². The first-order valence-corrected chi connectivity index (χ1v) is 7.94. The maximum absolute atomic E-state index is 11.4. The lowest BCUT2D eigenvalue weighted by Gasteiger charge is -2.29. The number of rotatable bonds is 2. The van der Waals surface area contributed by atoms with Gasteiger partial charge in [-0.05, 0) is 12.1 Å². The predicted octanol–water partition coefficient (Wildman–Crippen LogP) is 0.469. The van der Waals surface area contributed by atoms with Crippen molar-refractivity contribution in [3.8, 4) is 0 Å². The summed E-state index contributed by atoms with van der Waals surface area (Å²) in [5, 5.41) is 5.13. The Bertz CT molecular complexity index is 510. The van der Waals surface area contributed by atoms with Crippen LogP contribution in [0.15, 0.2) is 23.1 Å². The third kappa shape index (κ3) is 2.67. The zero-order valence-electron chi connectivity index (χ0n) is 9.30. The summed E-state index contributed by atoms with van der Waals surface area (Å²) in [6, 6.07) is 4.94. The summed E-state index contributed by atoms with van der Waals surface area (Å²) in [5.74, 6) is 2.05. The first kappa shape index (κ1) is 12.5. The third-order valence-corrected chi connectivity index (χ3v) is 4.61. The van der Waals surface area contributed by atoms with Crippen LogP contribution in [0.1, 0.15) is 0 Å². The molecule has 5 nitrogen and oxygen atoms in total. The molecule has 94 valence electrons. The van der Waals surface area contributed by atoms with Crippen LogP contribution in [0.3, 0.4) is 0 Å². The lowest BCUT2D eigenvalue weighted by Crippen LogP contribution is -2.33. The van der Waals surface area contributed by atoms with E-state index in [-0.39, 0.29) is 10.6 Å². The molecule has 2 rings (SSSR count). The van der Waals surface area contributed by atoms with Gasteiger partial charge in [0.15, 0.2) is 0 Å². The number of hydrogen-bond acceptors (Lipinski definition) is 5. The van der Waals surface area contributed by atoms with Gasteiger partial charge in [0.25, 0.3) is 0 Å². The van der Waals surface area contributed by atoms with Crippen molar-refractivity contribution in [2.45, 2.75) is 4.90 Å². The van der Waals surface area contributed by atoms with Crippen LogP contribution in [-0.2, 0) is 10.0 Å². The molecule has 0 atom stereocenters. The maximum Gasteiger partial charge on any atom is 0.240 e. The van der Waals surface area contributed by atoms with Gasteiger partial charge in [0, 0.05) is 24.6 Å². The Morgan fingerprint density at radius 3 is 2.47 bits per heavy atom. The zero-order chi connectivity index (χ0) is 12.5. The highest BCUT2D eigenvalue weighted by atomic mass is 32.2. The van der Waals surface area contributed by atoms with Crippen molar-refractivity contribution >= 4 is 33.2 Å². The molecular formula is C10H15N3O2S2. The van der Waals surface area contributed by atoms with E-state index in [1.165, 1.54) is 6.07 Å². The molecule has 0 amide bonds. The van der Waals surface area contributed by atoms with Crippen molar-refractivity contribution in [3.63, 3.8) is 0 Å². The van der Waals surface area contributed by atoms with E-state index in [1.807, 2.05) is 17.8 Å². The molecule has 0 spiro atoms. The molecule has 1 saturated heterocycles. The summed E-state index contributed by atoms with van der Waals surface area (Å²) in [5.41, 5.74) is 6.91. The standard InChI is InChI=1S/C10H15N3O2S2/c11-10-8(13-4-6-16-7-5-13)2-1-3-9(10)17(12,14)15/h1-3H,4-7,11H2,(H2,12,14,15). The van der Waals surface area contributed by atoms with Crippen molar-refractivity contribution < 1.29 is 8.42 Å². The lowest BCUT2D eigenvalue weighted by atomic mass is 10.2. The van der Waals surface area contributed by atoms with E-state index in [4.69, 9.17) is 10.9 Å². The van der Waals surface area contributed by atoms with Crippen LogP contribution in [0, 0.1) is 0 Å². The smallest absolute Gasteiger partial charge is 0.240 e. The van der Waals surface area contributed by atoms with Crippen molar-refractivity contribution in [1.29, 1.82) is 0 Å². The minimum Gasteiger partial charge on any atom is -0.396 e. The number of anilines is 2. The van der Waals surface area contributed by atoms with Crippen LogP contribution in [-0.4, -0.2) is 33.0 Å². The van der Waals surface area contributed by atoms with Crippen molar-refractivity contribution in [2.24, 2.45) is 5.14 Å².